The van der Waals surface area contributed by atoms with Crippen LogP contribution in [0.1, 0.15) is 38.2 Å². The smallest absolute Gasteiger partial charge is 0.408 e. The summed E-state index contributed by atoms with van der Waals surface area (Å²) >= 11 is 0. The summed E-state index contributed by atoms with van der Waals surface area (Å²) < 4.78 is 5.14. The highest BCUT2D eigenvalue weighted by molar-refractivity contribution is 5.93. The molecular weight excluding hydrogens is 504 g/mol. The van der Waals surface area contributed by atoms with Crippen LogP contribution in [0.2, 0.25) is 0 Å². The van der Waals surface area contributed by atoms with Crippen LogP contribution in [0.15, 0.2) is 35.3 Å². The van der Waals surface area contributed by atoms with E-state index in [0.29, 0.717) is 5.56 Å². The highest BCUT2D eigenvalue weighted by Crippen LogP contribution is 2.06. The number of aliphatic hydroxyl groups is 1. The van der Waals surface area contributed by atoms with Crippen LogP contribution < -0.4 is 27.4 Å². The number of carboxylic acids is 2. The molecule has 0 aliphatic rings. The van der Waals surface area contributed by atoms with Crippen LogP contribution in [0.3, 0.4) is 0 Å². The molecule has 3 amide bonds. The summed E-state index contributed by atoms with van der Waals surface area (Å²) in [7, 11) is 0. The van der Waals surface area contributed by atoms with Gasteiger partial charge < -0.3 is 47.5 Å². The van der Waals surface area contributed by atoms with Crippen molar-refractivity contribution in [3.8, 4) is 0 Å². The molecule has 0 saturated carbocycles. The molecule has 1 aromatic rings. The number of nitrogens with two attached hydrogens (primary N) is 2. The van der Waals surface area contributed by atoms with Gasteiger partial charge in [0.1, 0.15) is 18.7 Å². The molecule has 1 aromatic carbocycles. The number of alkyl carbamates (subject to hydrolysis) is 1. The van der Waals surface area contributed by atoms with Crippen LogP contribution >= 0.6 is 0 Å². The van der Waals surface area contributed by atoms with E-state index in [1.165, 1.54) is 0 Å². The van der Waals surface area contributed by atoms with Gasteiger partial charge in [-0.25, -0.2) is 9.59 Å². The zero-order valence-corrected chi connectivity index (χ0v) is 20.8. The molecule has 1 rings (SSSR count). The highest BCUT2D eigenvalue weighted by atomic mass is 16.5. The Kier molecular flexibility index (Phi) is 13.6. The molecule has 0 spiro atoms. The third kappa shape index (κ3) is 12.5. The van der Waals surface area contributed by atoms with Gasteiger partial charge in [0.25, 0.3) is 0 Å². The van der Waals surface area contributed by atoms with Gasteiger partial charge in [-0.3, -0.25) is 19.4 Å². The second kappa shape index (κ2) is 16.4. The molecule has 15 heteroatoms. The van der Waals surface area contributed by atoms with Crippen LogP contribution in [-0.4, -0.2) is 81.9 Å². The molecule has 0 heterocycles. The first kappa shape index (κ1) is 31.6. The fourth-order valence-corrected chi connectivity index (χ4v) is 3.13. The topological polar surface area (TPSA) is 256 Å². The lowest BCUT2D eigenvalue weighted by atomic mass is 10.1. The van der Waals surface area contributed by atoms with Crippen LogP contribution in [0, 0.1) is 0 Å². The Hall–Kier alpha value is -4.40. The van der Waals surface area contributed by atoms with Gasteiger partial charge in [-0.2, -0.15) is 0 Å². The number of hydrogen-bond donors (Lipinski definition) is 8. The Balaban J connectivity index is 2.98. The van der Waals surface area contributed by atoms with Crippen molar-refractivity contribution in [3.63, 3.8) is 0 Å². The summed E-state index contributed by atoms with van der Waals surface area (Å²) in [6.45, 7) is 1.19. The molecule has 0 aliphatic carbocycles. The highest BCUT2D eigenvalue weighted by Gasteiger charge is 2.31. The number of benzene rings is 1. The standard InChI is InChI=1S/C23H34N6O9/c1-13(30)18(21(35)36)29-20(34)16(9-10-17(31)32)27-19(33)15(8-5-11-26-22(24)25)28-23(37)38-12-14-6-3-2-4-7-14/h2-4,6-7,13,15-16,18,30H,5,8-12H2,1H3,(H,27,33)(H,28,37)(H,29,34)(H,31,32)(H,35,36)(H4,24,25,26)/t13-,15+,16+,18+/m1/s1. The fourth-order valence-electron chi connectivity index (χ4n) is 3.13. The number of nitrogens with zero attached hydrogens (tertiary/aromatic N) is 1. The number of aliphatic carboxylic acids is 2. The molecular formula is C23H34N6O9. The minimum atomic E-state index is -1.70. The maximum Gasteiger partial charge on any atom is 0.408 e. The quantitative estimate of drug-likeness (QED) is 0.0692. The predicted molar refractivity (Wildman–Crippen MR) is 134 cm³/mol. The Morgan fingerprint density at radius 3 is 2.11 bits per heavy atom. The predicted octanol–water partition coefficient (Wildman–Crippen LogP) is -1.37. The van der Waals surface area contributed by atoms with Gasteiger partial charge in [0.2, 0.25) is 11.8 Å². The Labute approximate surface area is 218 Å². The van der Waals surface area contributed by atoms with E-state index < -0.39 is 66.9 Å². The normalized spacial score (nSPS) is 13.6. The molecule has 0 aromatic heterocycles. The number of amides is 3. The molecule has 0 fully saturated rings. The SMILES string of the molecule is C[C@@H](O)[C@H](NC(=O)[C@H](CCC(=O)O)NC(=O)[C@H](CCCN=C(N)N)NC(=O)OCc1ccccc1)C(=O)O. The van der Waals surface area contributed by atoms with Crippen molar-refractivity contribution in [2.24, 2.45) is 16.5 Å². The van der Waals surface area contributed by atoms with Crippen molar-refractivity contribution < 1.29 is 44.0 Å². The molecule has 15 nitrogen and oxygen atoms in total. The number of carboxylic acid groups (broad SMARTS) is 2. The summed E-state index contributed by atoms with van der Waals surface area (Å²) in [5.74, 6) is -4.85. The lowest BCUT2D eigenvalue weighted by Crippen LogP contribution is -2.57. The lowest BCUT2D eigenvalue weighted by molar-refractivity contribution is -0.145. The summed E-state index contributed by atoms with van der Waals surface area (Å²) in [5.41, 5.74) is 11.3. The van der Waals surface area contributed by atoms with Gasteiger partial charge in [0.15, 0.2) is 12.0 Å². The van der Waals surface area contributed by atoms with Crippen LogP contribution in [0.4, 0.5) is 4.79 Å². The van der Waals surface area contributed by atoms with Crippen molar-refractivity contribution in [2.75, 3.05) is 6.54 Å². The Morgan fingerprint density at radius 2 is 1.55 bits per heavy atom. The average Bonchev–Trinajstić information content (AvgIpc) is 2.85. The van der Waals surface area contributed by atoms with Gasteiger partial charge in [0.05, 0.1) is 6.10 Å². The average molecular weight is 539 g/mol. The van der Waals surface area contributed by atoms with Crippen molar-refractivity contribution in [1.29, 1.82) is 0 Å². The third-order valence-electron chi connectivity index (χ3n) is 5.09. The van der Waals surface area contributed by atoms with E-state index in [0.717, 1.165) is 6.92 Å². The molecule has 210 valence electrons. The van der Waals surface area contributed by atoms with Gasteiger partial charge in [-0.1, -0.05) is 30.3 Å². The van der Waals surface area contributed by atoms with Gasteiger partial charge in [0, 0.05) is 13.0 Å². The minimum absolute atomic E-state index is 0.0156. The zero-order chi connectivity index (χ0) is 28.7. The molecule has 0 aliphatic heterocycles. The van der Waals surface area contributed by atoms with E-state index in [2.05, 4.69) is 20.9 Å². The first-order valence-electron chi connectivity index (χ1n) is 11.7. The Bertz CT molecular complexity index is 983. The van der Waals surface area contributed by atoms with E-state index in [1.54, 1.807) is 30.3 Å². The molecule has 10 N–H and O–H groups in total. The minimum Gasteiger partial charge on any atom is -0.481 e. The monoisotopic (exact) mass is 538 g/mol. The summed E-state index contributed by atoms with van der Waals surface area (Å²) in [4.78, 5) is 64.3. The second-order valence-corrected chi connectivity index (χ2v) is 8.27. The molecule has 0 radical (unpaired) electrons. The first-order chi connectivity index (χ1) is 17.9. The maximum atomic E-state index is 13.0. The van der Waals surface area contributed by atoms with Gasteiger partial charge >= 0.3 is 18.0 Å². The van der Waals surface area contributed by atoms with Crippen molar-refractivity contribution in [2.45, 2.75) is 63.4 Å². The molecule has 0 saturated heterocycles. The molecule has 0 bridgehead atoms. The van der Waals surface area contributed by atoms with E-state index in [-0.39, 0.29) is 32.0 Å². The number of rotatable bonds is 16. The van der Waals surface area contributed by atoms with Crippen molar-refractivity contribution >= 4 is 35.8 Å². The Morgan fingerprint density at radius 1 is 0.947 bits per heavy atom. The number of ether oxygens (including phenoxy) is 1. The van der Waals surface area contributed by atoms with Gasteiger partial charge in [-0.05, 0) is 31.7 Å². The van der Waals surface area contributed by atoms with Crippen LogP contribution in [0.25, 0.3) is 0 Å². The van der Waals surface area contributed by atoms with Crippen molar-refractivity contribution in [1.82, 2.24) is 16.0 Å². The number of aliphatic hydroxyl groups excluding tert-OH is 1. The fraction of sp³-hybridized carbons (Fsp3) is 0.478. The van der Waals surface area contributed by atoms with E-state index in [1.807, 2.05) is 0 Å². The number of aliphatic imine (C=N–C) groups is 1. The number of carbonyl (C=O) groups excluding carboxylic acids is 3. The number of hydrogen-bond acceptors (Lipinski definition) is 8. The third-order valence-corrected chi connectivity index (χ3v) is 5.09. The van der Waals surface area contributed by atoms with Crippen LogP contribution in [0.5, 0.6) is 0 Å². The molecule has 4 atom stereocenters. The summed E-state index contributed by atoms with van der Waals surface area (Å²) in [6.07, 6.45) is -3.07. The number of nitrogens with one attached hydrogen (secondary N) is 3. The van der Waals surface area contributed by atoms with E-state index in [4.69, 9.17) is 21.3 Å². The molecule has 38 heavy (non-hydrogen) atoms. The lowest BCUT2D eigenvalue weighted by Gasteiger charge is -2.25. The summed E-state index contributed by atoms with van der Waals surface area (Å²) in [5, 5.41) is 34.7. The summed E-state index contributed by atoms with van der Waals surface area (Å²) in [6, 6.07) is 4.34. The van der Waals surface area contributed by atoms with E-state index >= 15 is 0 Å². The number of carbonyl (C=O) groups is 5. The second-order valence-electron chi connectivity index (χ2n) is 8.27. The largest absolute Gasteiger partial charge is 0.481 e. The molecule has 0 unspecified atom stereocenters. The number of guanidine groups is 1. The first-order valence-corrected chi connectivity index (χ1v) is 11.7. The zero-order valence-electron chi connectivity index (χ0n) is 20.8. The van der Waals surface area contributed by atoms with E-state index in [9.17, 15) is 34.2 Å². The van der Waals surface area contributed by atoms with Crippen LogP contribution in [-0.2, 0) is 30.5 Å². The van der Waals surface area contributed by atoms with Gasteiger partial charge in [-0.15, -0.1) is 0 Å². The van der Waals surface area contributed by atoms with Crippen molar-refractivity contribution in [3.05, 3.63) is 35.9 Å². The maximum absolute atomic E-state index is 13.0.